The van der Waals surface area contributed by atoms with Gasteiger partial charge in [0.15, 0.2) is 0 Å². The maximum absolute atomic E-state index is 12.2. The first-order valence-corrected chi connectivity index (χ1v) is 8.43. The van der Waals surface area contributed by atoms with Crippen LogP contribution in [0.1, 0.15) is 16.7 Å². The summed E-state index contributed by atoms with van der Waals surface area (Å²) in [6, 6.07) is 16.3. The molecule has 0 aromatic heterocycles. The van der Waals surface area contributed by atoms with E-state index in [0.717, 1.165) is 5.56 Å². The second kappa shape index (κ2) is 6.80. The zero-order chi connectivity index (χ0) is 15.3. The van der Waals surface area contributed by atoms with E-state index in [-0.39, 0.29) is 17.3 Å². The van der Waals surface area contributed by atoms with E-state index in [1.807, 2.05) is 30.3 Å². The quantitative estimate of drug-likeness (QED) is 0.798. The predicted octanol–water partition coefficient (Wildman–Crippen LogP) is 1.94. The second-order valence-electron chi connectivity index (χ2n) is 4.59. The monoisotopic (exact) mass is 320 g/mol. The molecule has 4 nitrogen and oxygen atoms in total. The van der Waals surface area contributed by atoms with E-state index in [1.165, 1.54) is 0 Å². The van der Waals surface area contributed by atoms with Crippen LogP contribution < -0.4 is 10.5 Å². The van der Waals surface area contributed by atoms with Gasteiger partial charge in [0, 0.05) is 12.1 Å². The Bertz CT molecular complexity index is 728. The van der Waals surface area contributed by atoms with Crippen LogP contribution in [-0.2, 0) is 22.3 Å². The Morgan fingerprint density at radius 3 is 2.33 bits per heavy atom. The van der Waals surface area contributed by atoms with E-state index in [9.17, 15) is 8.42 Å². The fraction of sp³-hybridized carbons (Fsp3) is 0.133. The maximum Gasteiger partial charge on any atom is 0.216 e. The molecule has 0 saturated heterocycles. The van der Waals surface area contributed by atoms with Gasteiger partial charge in [-0.05, 0) is 11.1 Å². The minimum Gasteiger partial charge on any atom is -0.389 e. The topological polar surface area (TPSA) is 72.2 Å². The molecule has 0 saturated carbocycles. The third-order valence-electron chi connectivity index (χ3n) is 2.97. The smallest absolute Gasteiger partial charge is 0.216 e. The molecule has 0 aliphatic heterocycles. The average molecular weight is 320 g/mol. The number of benzene rings is 2. The summed E-state index contributed by atoms with van der Waals surface area (Å²) in [6.45, 7) is 0.262. The van der Waals surface area contributed by atoms with E-state index in [4.69, 9.17) is 18.0 Å². The molecule has 110 valence electrons. The van der Waals surface area contributed by atoms with Gasteiger partial charge in [-0.25, -0.2) is 13.1 Å². The molecule has 6 heteroatoms. The van der Waals surface area contributed by atoms with Crippen molar-refractivity contribution in [1.82, 2.24) is 4.72 Å². The Morgan fingerprint density at radius 1 is 1.05 bits per heavy atom. The van der Waals surface area contributed by atoms with Crippen molar-refractivity contribution >= 4 is 27.2 Å². The highest BCUT2D eigenvalue weighted by Crippen LogP contribution is 2.12. The van der Waals surface area contributed by atoms with Crippen molar-refractivity contribution in [2.75, 3.05) is 0 Å². The summed E-state index contributed by atoms with van der Waals surface area (Å²) in [6.07, 6.45) is 0. The van der Waals surface area contributed by atoms with Gasteiger partial charge >= 0.3 is 0 Å². The number of sulfonamides is 1. The summed E-state index contributed by atoms with van der Waals surface area (Å²) in [4.78, 5) is 0.198. The van der Waals surface area contributed by atoms with E-state index in [0.29, 0.717) is 11.1 Å². The summed E-state index contributed by atoms with van der Waals surface area (Å²) in [5.41, 5.74) is 7.72. The Hall–Kier alpha value is -1.76. The minimum atomic E-state index is -3.45. The third kappa shape index (κ3) is 4.63. The van der Waals surface area contributed by atoms with Crippen LogP contribution in [0.3, 0.4) is 0 Å². The average Bonchev–Trinajstić information content (AvgIpc) is 2.46. The molecule has 0 amide bonds. The van der Waals surface area contributed by atoms with E-state index < -0.39 is 10.0 Å². The molecule has 0 aliphatic carbocycles. The van der Waals surface area contributed by atoms with Crippen LogP contribution in [0, 0.1) is 0 Å². The maximum atomic E-state index is 12.2. The Labute approximate surface area is 130 Å². The lowest BCUT2D eigenvalue weighted by Crippen LogP contribution is -2.26. The Balaban J connectivity index is 2.10. The first-order chi connectivity index (χ1) is 9.98. The Morgan fingerprint density at radius 2 is 1.67 bits per heavy atom. The molecule has 2 rings (SSSR count). The first kappa shape index (κ1) is 15.6. The standard InChI is InChI=1S/C15H16N2O2S2/c16-15(20)14-9-5-4-8-13(14)11-21(18,19)17-10-12-6-2-1-3-7-12/h1-9,17H,10-11H2,(H2,16,20). The van der Waals surface area contributed by atoms with Gasteiger partial charge in [-0.1, -0.05) is 66.8 Å². The summed E-state index contributed by atoms with van der Waals surface area (Å²) in [5.74, 6) is -0.145. The molecule has 0 spiro atoms. The van der Waals surface area contributed by atoms with E-state index in [1.54, 1.807) is 24.3 Å². The number of nitrogens with one attached hydrogen (secondary N) is 1. The van der Waals surface area contributed by atoms with Crippen molar-refractivity contribution in [3.05, 3.63) is 71.3 Å². The molecule has 0 unspecified atom stereocenters. The van der Waals surface area contributed by atoms with Gasteiger partial charge < -0.3 is 5.73 Å². The second-order valence-corrected chi connectivity index (χ2v) is 6.83. The molecule has 2 aromatic rings. The highest BCUT2D eigenvalue weighted by Gasteiger charge is 2.14. The van der Waals surface area contributed by atoms with Gasteiger partial charge in [-0.2, -0.15) is 0 Å². The van der Waals surface area contributed by atoms with Crippen molar-refractivity contribution in [1.29, 1.82) is 0 Å². The third-order valence-corrected chi connectivity index (χ3v) is 4.46. The van der Waals surface area contributed by atoms with Crippen molar-refractivity contribution in [2.24, 2.45) is 5.73 Å². The number of rotatable bonds is 6. The molecule has 0 radical (unpaired) electrons. The molecule has 2 aromatic carbocycles. The number of thiocarbonyl (C=S) groups is 1. The highest BCUT2D eigenvalue weighted by molar-refractivity contribution is 7.88. The number of hydrogen-bond donors (Lipinski definition) is 2. The molecular weight excluding hydrogens is 304 g/mol. The van der Waals surface area contributed by atoms with Gasteiger partial charge in [0.1, 0.15) is 4.99 Å². The van der Waals surface area contributed by atoms with E-state index >= 15 is 0 Å². The van der Waals surface area contributed by atoms with Crippen molar-refractivity contribution in [2.45, 2.75) is 12.3 Å². The molecule has 0 aliphatic rings. The summed E-state index contributed by atoms with van der Waals surface area (Å²) < 4.78 is 26.9. The summed E-state index contributed by atoms with van der Waals surface area (Å²) in [7, 11) is -3.45. The first-order valence-electron chi connectivity index (χ1n) is 6.37. The minimum absolute atomic E-state index is 0.145. The van der Waals surface area contributed by atoms with Gasteiger partial charge in [0.05, 0.1) is 5.75 Å². The van der Waals surface area contributed by atoms with Gasteiger partial charge in [-0.3, -0.25) is 0 Å². The van der Waals surface area contributed by atoms with Crippen LogP contribution in [0.15, 0.2) is 54.6 Å². The van der Waals surface area contributed by atoms with Gasteiger partial charge in [-0.15, -0.1) is 0 Å². The van der Waals surface area contributed by atoms with Gasteiger partial charge in [0.25, 0.3) is 0 Å². The Kier molecular flexibility index (Phi) is 5.06. The van der Waals surface area contributed by atoms with Crippen LogP contribution in [-0.4, -0.2) is 13.4 Å². The number of hydrogen-bond acceptors (Lipinski definition) is 3. The fourth-order valence-corrected chi connectivity index (χ4v) is 3.28. The predicted molar refractivity (Wildman–Crippen MR) is 88.2 cm³/mol. The zero-order valence-electron chi connectivity index (χ0n) is 11.3. The lowest BCUT2D eigenvalue weighted by atomic mass is 10.1. The zero-order valence-corrected chi connectivity index (χ0v) is 13.0. The largest absolute Gasteiger partial charge is 0.389 e. The van der Waals surface area contributed by atoms with Crippen LogP contribution >= 0.6 is 12.2 Å². The summed E-state index contributed by atoms with van der Waals surface area (Å²) in [5, 5.41) is 0. The normalized spacial score (nSPS) is 11.2. The van der Waals surface area contributed by atoms with Crippen molar-refractivity contribution in [3.8, 4) is 0 Å². The fourth-order valence-electron chi connectivity index (χ4n) is 1.93. The van der Waals surface area contributed by atoms with Crippen LogP contribution in [0.4, 0.5) is 0 Å². The molecule has 0 heterocycles. The molecule has 0 fully saturated rings. The van der Waals surface area contributed by atoms with Crippen molar-refractivity contribution < 1.29 is 8.42 Å². The highest BCUT2D eigenvalue weighted by atomic mass is 32.2. The molecule has 21 heavy (non-hydrogen) atoms. The molecular formula is C15H16N2O2S2. The molecule has 3 N–H and O–H groups in total. The lowest BCUT2D eigenvalue weighted by Gasteiger charge is -2.10. The van der Waals surface area contributed by atoms with E-state index in [2.05, 4.69) is 4.72 Å². The SMILES string of the molecule is NC(=S)c1ccccc1CS(=O)(=O)NCc1ccccc1. The molecule has 0 atom stereocenters. The molecule has 0 bridgehead atoms. The number of nitrogens with two attached hydrogens (primary N) is 1. The van der Waals surface area contributed by atoms with Crippen molar-refractivity contribution in [3.63, 3.8) is 0 Å². The van der Waals surface area contributed by atoms with Crippen LogP contribution in [0.2, 0.25) is 0 Å². The van der Waals surface area contributed by atoms with Crippen LogP contribution in [0.5, 0.6) is 0 Å². The van der Waals surface area contributed by atoms with Crippen LogP contribution in [0.25, 0.3) is 0 Å². The lowest BCUT2D eigenvalue weighted by molar-refractivity contribution is 0.580. The summed E-state index contributed by atoms with van der Waals surface area (Å²) >= 11 is 4.94. The van der Waals surface area contributed by atoms with Gasteiger partial charge in [0.2, 0.25) is 10.0 Å².